The maximum atomic E-state index is 12.6. The summed E-state index contributed by atoms with van der Waals surface area (Å²) < 4.78 is 1.60. The van der Waals surface area contributed by atoms with Gasteiger partial charge in [-0.25, -0.2) is 4.98 Å². The zero-order chi connectivity index (χ0) is 20.2. The maximum absolute atomic E-state index is 12.6. The molecule has 29 heavy (non-hydrogen) atoms. The van der Waals surface area contributed by atoms with Crippen molar-refractivity contribution in [3.63, 3.8) is 0 Å². The van der Waals surface area contributed by atoms with E-state index in [0.29, 0.717) is 15.3 Å². The van der Waals surface area contributed by atoms with Crippen molar-refractivity contribution >= 4 is 45.7 Å². The van der Waals surface area contributed by atoms with Gasteiger partial charge in [-0.1, -0.05) is 59.8 Å². The number of carbonyl (C=O) groups is 1. The molecule has 0 aliphatic heterocycles. The molecule has 10 heteroatoms. The number of amides is 1. The highest BCUT2D eigenvalue weighted by atomic mass is 35.5. The standard InChI is InChI=1S/C19H15ClN6OS2/c1-12(29-19-23-24-25-26(19)13-7-3-2-4-8-13)17(27)22-18-21-16(11-28-18)14-9-5-6-10-15(14)20/h2-12H,1H3,(H,21,22,27). The van der Waals surface area contributed by atoms with Gasteiger partial charge in [-0.05, 0) is 35.5 Å². The van der Waals surface area contributed by atoms with Crippen LogP contribution in [-0.2, 0) is 4.79 Å². The Balaban J connectivity index is 1.44. The Morgan fingerprint density at radius 2 is 1.93 bits per heavy atom. The first kappa shape index (κ1) is 19.6. The Morgan fingerprint density at radius 1 is 1.17 bits per heavy atom. The summed E-state index contributed by atoms with van der Waals surface area (Å²) in [6.07, 6.45) is 0. The third-order valence-corrected chi connectivity index (χ3v) is 6.10. The van der Waals surface area contributed by atoms with E-state index in [2.05, 4.69) is 25.8 Å². The predicted octanol–water partition coefficient (Wildman–Crippen LogP) is 4.56. The lowest BCUT2D eigenvalue weighted by Gasteiger charge is -2.10. The minimum atomic E-state index is -0.420. The maximum Gasteiger partial charge on any atom is 0.239 e. The lowest BCUT2D eigenvalue weighted by molar-refractivity contribution is -0.115. The van der Waals surface area contributed by atoms with Gasteiger partial charge in [-0.3, -0.25) is 4.79 Å². The van der Waals surface area contributed by atoms with Crippen molar-refractivity contribution < 1.29 is 4.79 Å². The monoisotopic (exact) mass is 442 g/mol. The predicted molar refractivity (Wildman–Crippen MR) is 116 cm³/mol. The van der Waals surface area contributed by atoms with Crippen LogP contribution in [0.4, 0.5) is 5.13 Å². The van der Waals surface area contributed by atoms with Gasteiger partial charge in [0.15, 0.2) is 5.13 Å². The SMILES string of the molecule is CC(Sc1nnnn1-c1ccccc1)C(=O)Nc1nc(-c2ccccc2Cl)cs1. The van der Waals surface area contributed by atoms with Crippen LogP contribution in [-0.4, -0.2) is 36.3 Å². The van der Waals surface area contributed by atoms with Gasteiger partial charge in [0.2, 0.25) is 11.1 Å². The molecular formula is C19H15ClN6OS2. The number of nitrogens with zero attached hydrogens (tertiary/aromatic N) is 5. The van der Waals surface area contributed by atoms with Crippen LogP contribution in [0.1, 0.15) is 6.92 Å². The van der Waals surface area contributed by atoms with E-state index in [-0.39, 0.29) is 5.91 Å². The Bertz CT molecular complexity index is 1130. The van der Waals surface area contributed by atoms with Gasteiger partial charge in [0.1, 0.15) is 0 Å². The highest BCUT2D eigenvalue weighted by molar-refractivity contribution is 8.00. The number of aromatic nitrogens is 5. The van der Waals surface area contributed by atoms with Crippen LogP contribution in [0.15, 0.2) is 65.1 Å². The second kappa shape index (κ2) is 8.73. The highest BCUT2D eigenvalue weighted by Crippen LogP contribution is 2.31. The smallest absolute Gasteiger partial charge is 0.239 e. The molecule has 0 saturated heterocycles. The summed E-state index contributed by atoms with van der Waals surface area (Å²) in [4.78, 5) is 17.1. The zero-order valence-corrected chi connectivity index (χ0v) is 17.6. The van der Waals surface area contributed by atoms with E-state index in [1.807, 2.05) is 60.0 Å². The fourth-order valence-corrected chi connectivity index (χ4v) is 4.28. The average molecular weight is 443 g/mol. The van der Waals surface area contributed by atoms with E-state index in [1.54, 1.807) is 11.6 Å². The molecule has 4 aromatic rings. The third kappa shape index (κ3) is 4.47. The van der Waals surface area contributed by atoms with Crippen molar-refractivity contribution in [2.45, 2.75) is 17.3 Å². The molecule has 0 radical (unpaired) electrons. The summed E-state index contributed by atoms with van der Waals surface area (Å²) >= 11 is 8.85. The molecule has 2 aromatic heterocycles. The number of thioether (sulfide) groups is 1. The second-order valence-electron chi connectivity index (χ2n) is 5.98. The number of rotatable bonds is 6. The van der Waals surface area contributed by atoms with Crippen molar-refractivity contribution in [1.29, 1.82) is 0 Å². The third-order valence-electron chi connectivity index (χ3n) is 3.98. The van der Waals surface area contributed by atoms with Crippen LogP contribution in [0, 0.1) is 0 Å². The van der Waals surface area contributed by atoms with Crippen LogP contribution in [0.2, 0.25) is 5.02 Å². The summed E-state index contributed by atoms with van der Waals surface area (Å²) in [6, 6.07) is 17.0. The average Bonchev–Trinajstić information content (AvgIpc) is 3.38. The number of hydrogen-bond acceptors (Lipinski definition) is 7. The molecule has 2 aromatic carbocycles. The first-order valence-electron chi connectivity index (χ1n) is 8.63. The number of para-hydroxylation sites is 1. The van der Waals surface area contributed by atoms with Crippen LogP contribution in [0.5, 0.6) is 0 Å². The highest BCUT2D eigenvalue weighted by Gasteiger charge is 2.20. The van der Waals surface area contributed by atoms with E-state index < -0.39 is 5.25 Å². The number of hydrogen-bond donors (Lipinski definition) is 1. The van der Waals surface area contributed by atoms with Crippen molar-refractivity contribution in [3.8, 4) is 16.9 Å². The fraction of sp³-hybridized carbons (Fsp3) is 0.105. The largest absolute Gasteiger partial charge is 0.301 e. The Morgan fingerprint density at radius 3 is 2.72 bits per heavy atom. The van der Waals surface area contributed by atoms with Gasteiger partial charge in [0.05, 0.1) is 16.6 Å². The van der Waals surface area contributed by atoms with E-state index in [1.165, 1.54) is 23.1 Å². The van der Waals surface area contributed by atoms with Crippen molar-refractivity contribution in [2.24, 2.45) is 0 Å². The number of nitrogens with one attached hydrogen (secondary N) is 1. The number of anilines is 1. The molecule has 1 N–H and O–H groups in total. The lowest BCUT2D eigenvalue weighted by Crippen LogP contribution is -2.22. The molecule has 0 saturated carbocycles. The molecule has 2 heterocycles. The van der Waals surface area contributed by atoms with Gasteiger partial charge < -0.3 is 5.32 Å². The zero-order valence-electron chi connectivity index (χ0n) is 15.2. The first-order chi connectivity index (χ1) is 14.1. The molecule has 1 unspecified atom stereocenters. The summed E-state index contributed by atoms with van der Waals surface area (Å²) in [7, 11) is 0. The second-order valence-corrected chi connectivity index (χ2v) is 8.55. The van der Waals surface area contributed by atoms with Crippen molar-refractivity contribution in [3.05, 3.63) is 65.0 Å². The van der Waals surface area contributed by atoms with E-state index in [0.717, 1.165) is 16.9 Å². The van der Waals surface area contributed by atoms with Crippen molar-refractivity contribution in [2.75, 3.05) is 5.32 Å². The van der Waals surface area contributed by atoms with Gasteiger partial charge in [-0.2, -0.15) is 4.68 Å². The van der Waals surface area contributed by atoms with E-state index >= 15 is 0 Å². The molecule has 146 valence electrons. The molecule has 4 rings (SSSR count). The fourth-order valence-electron chi connectivity index (χ4n) is 2.53. The molecule has 0 bridgehead atoms. The number of tetrazole rings is 1. The number of halogens is 1. The first-order valence-corrected chi connectivity index (χ1v) is 10.8. The van der Waals surface area contributed by atoms with E-state index in [4.69, 9.17) is 11.6 Å². The van der Waals surface area contributed by atoms with Crippen LogP contribution in [0.3, 0.4) is 0 Å². The number of benzene rings is 2. The topological polar surface area (TPSA) is 85.6 Å². The summed E-state index contributed by atoms with van der Waals surface area (Å²) in [5.41, 5.74) is 2.39. The molecule has 0 spiro atoms. The molecule has 0 aliphatic carbocycles. The van der Waals surface area contributed by atoms with Crippen LogP contribution >= 0.6 is 34.7 Å². The van der Waals surface area contributed by atoms with Crippen LogP contribution in [0.25, 0.3) is 16.9 Å². The van der Waals surface area contributed by atoms with E-state index in [9.17, 15) is 4.79 Å². The number of thiazole rings is 1. The van der Waals surface area contributed by atoms with Gasteiger partial charge in [0.25, 0.3) is 0 Å². The summed E-state index contributed by atoms with van der Waals surface area (Å²) in [5.74, 6) is -0.183. The summed E-state index contributed by atoms with van der Waals surface area (Å²) in [5, 5.41) is 17.7. The Hall–Kier alpha value is -2.75. The molecule has 1 atom stereocenters. The molecule has 0 aliphatic rings. The molecule has 0 fully saturated rings. The lowest BCUT2D eigenvalue weighted by atomic mass is 10.2. The molecular weight excluding hydrogens is 428 g/mol. The van der Waals surface area contributed by atoms with Gasteiger partial charge in [-0.15, -0.1) is 16.4 Å². The molecule has 7 nitrogen and oxygen atoms in total. The molecule has 1 amide bonds. The quantitative estimate of drug-likeness (QED) is 0.440. The minimum Gasteiger partial charge on any atom is -0.301 e. The Kier molecular flexibility index (Phi) is 5.89. The minimum absolute atomic E-state index is 0.183. The number of carbonyl (C=O) groups excluding carboxylic acids is 1. The Labute approximate surface area is 180 Å². The van der Waals surface area contributed by atoms with Crippen molar-refractivity contribution in [1.82, 2.24) is 25.2 Å². The van der Waals surface area contributed by atoms with Crippen LogP contribution < -0.4 is 5.32 Å². The summed E-state index contributed by atoms with van der Waals surface area (Å²) in [6.45, 7) is 1.80. The normalized spacial score (nSPS) is 11.9. The van der Waals surface area contributed by atoms with Gasteiger partial charge in [0, 0.05) is 16.0 Å². The van der Waals surface area contributed by atoms with Gasteiger partial charge >= 0.3 is 0 Å².